The standard InChI is InChI=1S/C21H25NO5S2/c23-20(22-21(15-4-1-2-5-15)19-6-3-12-28-19)9-13-29(24,25)16-7-8-17-18(14-16)27-11-10-26-17/h3,6-8,12,14-15,21H,1-2,4-5,9-11,13H2,(H,22,23). The van der Waals surface area contributed by atoms with E-state index in [4.69, 9.17) is 9.47 Å². The van der Waals surface area contributed by atoms with E-state index in [0.717, 1.165) is 17.7 Å². The van der Waals surface area contributed by atoms with Crippen LogP contribution in [0.25, 0.3) is 0 Å². The number of hydrogen-bond acceptors (Lipinski definition) is 6. The highest BCUT2D eigenvalue weighted by atomic mass is 32.2. The summed E-state index contributed by atoms with van der Waals surface area (Å²) in [6.07, 6.45) is 4.49. The van der Waals surface area contributed by atoms with Gasteiger partial charge in [0.25, 0.3) is 0 Å². The molecule has 1 atom stereocenters. The first-order valence-electron chi connectivity index (χ1n) is 9.98. The van der Waals surface area contributed by atoms with Gasteiger partial charge in [-0.3, -0.25) is 4.79 Å². The van der Waals surface area contributed by atoms with Gasteiger partial charge in [-0.05, 0) is 42.3 Å². The number of amides is 1. The molecule has 0 radical (unpaired) electrons. The first kappa shape index (κ1) is 20.2. The summed E-state index contributed by atoms with van der Waals surface area (Å²) in [4.78, 5) is 13.9. The lowest BCUT2D eigenvalue weighted by molar-refractivity contribution is -0.121. The molecule has 1 aromatic heterocycles. The van der Waals surface area contributed by atoms with Gasteiger partial charge in [0.2, 0.25) is 5.91 Å². The smallest absolute Gasteiger partial charge is 0.221 e. The van der Waals surface area contributed by atoms with E-state index in [1.807, 2.05) is 17.5 Å². The molecule has 1 fully saturated rings. The zero-order valence-corrected chi connectivity index (χ0v) is 17.8. The number of carbonyl (C=O) groups excluding carboxylic acids is 1. The monoisotopic (exact) mass is 435 g/mol. The van der Waals surface area contributed by atoms with Crippen LogP contribution in [0.1, 0.15) is 43.0 Å². The number of hydrogen-bond donors (Lipinski definition) is 1. The molecule has 1 unspecified atom stereocenters. The Kier molecular flexibility index (Phi) is 6.10. The van der Waals surface area contributed by atoms with Gasteiger partial charge in [0, 0.05) is 17.4 Å². The lowest BCUT2D eigenvalue weighted by atomic mass is 9.96. The van der Waals surface area contributed by atoms with Crippen LogP contribution in [0.3, 0.4) is 0 Å². The highest BCUT2D eigenvalue weighted by Crippen LogP contribution is 2.37. The highest BCUT2D eigenvalue weighted by Gasteiger charge is 2.29. The average molecular weight is 436 g/mol. The number of sulfone groups is 1. The van der Waals surface area contributed by atoms with Crippen LogP contribution < -0.4 is 14.8 Å². The molecule has 29 heavy (non-hydrogen) atoms. The van der Waals surface area contributed by atoms with Gasteiger partial charge in [0.15, 0.2) is 21.3 Å². The molecule has 1 aromatic carbocycles. The fourth-order valence-electron chi connectivity index (χ4n) is 3.99. The maximum Gasteiger partial charge on any atom is 0.221 e. The summed E-state index contributed by atoms with van der Waals surface area (Å²) in [6.45, 7) is 0.843. The van der Waals surface area contributed by atoms with Crippen LogP contribution in [0.2, 0.25) is 0 Å². The van der Waals surface area contributed by atoms with Crippen LogP contribution in [0.15, 0.2) is 40.6 Å². The number of ether oxygens (including phenoxy) is 2. The minimum Gasteiger partial charge on any atom is -0.486 e. The third-order valence-corrected chi connectivity index (χ3v) is 8.18. The quantitative estimate of drug-likeness (QED) is 0.717. The molecular weight excluding hydrogens is 410 g/mol. The SMILES string of the molecule is O=C(CCS(=O)(=O)c1ccc2c(c1)OCCO2)NC(c1cccs1)C1CCCC1. The normalized spacial score (nSPS) is 17.8. The minimum atomic E-state index is -3.59. The number of fused-ring (bicyclic) bond motifs is 1. The molecular formula is C21H25NO5S2. The first-order valence-corrected chi connectivity index (χ1v) is 12.5. The van der Waals surface area contributed by atoms with Gasteiger partial charge in [-0.1, -0.05) is 18.9 Å². The van der Waals surface area contributed by atoms with Crippen molar-refractivity contribution in [2.45, 2.75) is 43.0 Å². The number of carbonyl (C=O) groups is 1. The summed E-state index contributed by atoms with van der Waals surface area (Å²) in [5.41, 5.74) is 0. The molecule has 2 heterocycles. The van der Waals surface area contributed by atoms with Gasteiger partial charge in [-0.25, -0.2) is 8.42 Å². The van der Waals surface area contributed by atoms with Crippen molar-refractivity contribution in [1.82, 2.24) is 5.32 Å². The Morgan fingerprint density at radius 3 is 2.62 bits per heavy atom. The predicted molar refractivity (Wildman–Crippen MR) is 111 cm³/mol. The second kappa shape index (κ2) is 8.75. The Morgan fingerprint density at radius 2 is 1.90 bits per heavy atom. The van der Waals surface area contributed by atoms with Crippen LogP contribution in [-0.2, 0) is 14.6 Å². The molecule has 1 amide bonds. The van der Waals surface area contributed by atoms with E-state index < -0.39 is 9.84 Å². The largest absolute Gasteiger partial charge is 0.486 e. The Morgan fingerprint density at radius 1 is 1.14 bits per heavy atom. The lowest BCUT2D eigenvalue weighted by Crippen LogP contribution is -2.33. The maximum absolute atomic E-state index is 12.7. The summed E-state index contributed by atoms with van der Waals surface area (Å²) in [6, 6.07) is 8.60. The van der Waals surface area contributed by atoms with Gasteiger partial charge in [-0.15, -0.1) is 11.3 Å². The molecule has 1 N–H and O–H groups in total. The van der Waals surface area contributed by atoms with E-state index in [9.17, 15) is 13.2 Å². The van der Waals surface area contributed by atoms with Crippen molar-refractivity contribution in [2.24, 2.45) is 5.92 Å². The van der Waals surface area contributed by atoms with Crippen molar-refractivity contribution >= 4 is 27.1 Å². The van der Waals surface area contributed by atoms with Crippen LogP contribution in [0, 0.1) is 5.92 Å². The fourth-order valence-corrected chi connectivity index (χ4v) is 6.11. The van der Waals surface area contributed by atoms with E-state index in [-0.39, 0.29) is 29.0 Å². The zero-order valence-electron chi connectivity index (χ0n) is 16.1. The minimum absolute atomic E-state index is 0.0259. The molecule has 1 aliphatic heterocycles. The van der Waals surface area contributed by atoms with E-state index in [0.29, 0.717) is 30.6 Å². The average Bonchev–Trinajstić information content (AvgIpc) is 3.44. The summed E-state index contributed by atoms with van der Waals surface area (Å²) in [7, 11) is -3.59. The topological polar surface area (TPSA) is 81.7 Å². The van der Waals surface area contributed by atoms with E-state index in [2.05, 4.69) is 5.32 Å². The molecule has 0 bridgehead atoms. The maximum atomic E-state index is 12.7. The summed E-state index contributed by atoms with van der Waals surface area (Å²) in [5.74, 6) is 0.938. The van der Waals surface area contributed by atoms with Crippen molar-refractivity contribution in [1.29, 1.82) is 0 Å². The first-order chi connectivity index (χ1) is 14.0. The van der Waals surface area contributed by atoms with Gasteiger partial charge in [-0.2, -0.15) is 0 Å². The molecule has 1 saturated carbocycles. The second-order valence-corrected chi connectivity index (χ2v) is 10.6. The molecule has 0 saturated heterocycles. The number of thiophene rings is 1. The summed E-state index contributed by atoms with van der Waals surface area (Å²) < 4.78 is 36.3. The van der Waals surface area contributed by atoms with Crippen LogP contribution in [-0.4, -0.2) is 33.3 Å². The van der Waals surface area contributed by atoms with E-state index >= 15 is 0 Å². The van der Waals surface area contributed by atoms with Crippen molar-refractivity contribution in [3.63, 3.8) is 0 Å². The molecule has 0 spiro atoms. The Bertz CT molecular complexity index is 949. The Balaban J connectivity index is 1.40. The van der Waals surface area contributed by atoms with Crippen molar-refractivity contribution < 1.29 is 22.7 Å². The lowest BCUT2D eigenvalue weighted by Gasteiger charge is -2.24. The van der Waals surface area contributed by atoms with Crippen molar-refractivity contribution in [2.75, 3.05) is 19.0 Å². The third kappa shape index (κ3) is 4.75. The molecule has 1 aliphatic carbocycles. The van der Waals surface area contributed by atoms with Crippen LogP contribution in [0.5, 0.6) is 11.5 Å². The highest BCUT2D eigenvalue weighted by molar-refractivity contribution is 7.91. The fraction of sp³-hybridized carbons (Fsp3) is 0.476. The zero-order chi connectivity index (χ0) is 20.3. The molecule has 6 nitrogen and oxygen atoms in total. The van der Waals surface area contributed by atoms with Gasteiger partial charge in [0.1, 0.15) is 13.2 Å². The Labute approximate surface area is 175 Å². The molecule has 4 rings (SSSR count). The molecule has 8 heteroatoms. The summed E-state index contributed by atoms with van der Waals surface area (Å²) in [5, 5.41) is 5.11. The number of rotatable bonds is 7. The van der Waals surface area contributed by atoms with Crippen molar-refractivity contribution in [3.05, 3.63) is 40.6 Å². The number of nitrogens with one attached hydrogen (secondary N) is 1. The van der Waals surface area contributed by atoms with Crippen LogP contribution in [0.4, 0.5) is 0 Å². The van der Waals surface area contributed by atoms with Gasteiger partial charge >= 0.3 is 0 Å². The molecule has 156 valence electrons. The summed E-state index contributed by atoms with van der Waals surface area (Å²) >= 11 is 1.63. The molecule has 2 aromatic rings. The van der Waals surface area contributed by atoms with Gasteiger partial charge in [0.05, 0.1) is 16.7 Å². The van der Waals surface area contributed by atoms with E-state index in [1.165, 1.54) is 25.0 Å². The predicted octanol–water partition coefficient (Wildman–Crippen LogP) is 3.73. The van der Waals surface area contributed by atoms with E-state index in [1.54, 1.807) is 17.4 Å². The van der Waals surface area contributed by atoms with Crippen molar-refractivity contribution in [3.8, 4) is 11.5 Å². The third-order valence-electron chi connectivity index (χ3n) is 5.51. The van der Waals surface area contributed by atoms with Gasteiger partial charge < -0.3 is 14.8 Å². The second-order valence-electron chi connectivity index (χ2n) is 7.48. The van der Waals surface area contributed by atoms with Crippen LogP contribution >= 0.6 is 11.3 Å². The number of benzene rings is 1. The molecule has 2 aliphatic rings. The Hall–Kier alpha value is -2.06.